The molecule has 2 unspecified atom stereocenters. The van der Waals surface area contributed by atoms with Crippen LogP contribution in [0.5, 0.6) is 11.9 Å². The number of pyridine rings is 1. The molecule has 2 atom stereocenters. The molecule has 2 bridgehead atoms. The molecule has 1 N–H and O–H groups in total. The summed E-state index contributed by atoms with van der Waals surface area (Å²) in [4.78, 5) is 17.0. The van der Waals surface area contributed by atoms with Gasteiger partial charge in [-0.3, -0.25) is 0 Å². The maximum atomic E-state index is 15.4. The van der Waals surface area contributed by atoms with Crippen LogP contribution in [0.3, 0.4) is 0 Å². The number of anilines is 1. The summed E-state index contributed by atoms with van der Waals surface area (Å²) in [5.41, 5.74) is -0.155. The van der Waals surface area contributed by atoms with Crippen LogP contribution >= 0.6 is 11.6 Å². The van der Waals surface area contributed by atoms with Crippen LogP contribution in [0.4, 0.5) is 19.0 Å². The number of halogens is 4. The fourth-order valence-electron chi connectivity index (χ4n) is 5.80. The number of nitrogens with one attached hydrogen (secondary N) is 1. The minimum absolute atomic E-state index is 0.0325. The first-order chi connectivity index (χ1) is 19.0. The molecule has 3 aliphatic heterocycles. The van der Waals surface area contributed by atoms with Gasteiger partial charge in [0.1, 0.15) is 16.7 Å². The molecule has 37 heavy (non-hydrogen) atoms. The van der Waals surface area contributed by atoms with Crippen LogP contribution in [-0.4, -0.2) is 78.3 Å². The van der Waals surface area contributed by atoms with E-state index in [2.05, 4.69) is 25.2 Å². The average Bonchev–Trinajstić information content (AvgIpc) is 3.59. The van der Waals surface area contributed by atoms with E-state index in [0.29, 0.717) is 45.6 Å². The zero-order valence-corrected chi connectivity index (χ0v) is 21.0. The van der Waals surface area contributed by atoms with Crippen molar-refractivity contribution in [1.29, 1.82) is 0 Å². The van der Waals surface area contributed by atoms with Gasteiger partial charge in [0.05, 0.1) is 17.8 Å². The van der Waals surface area contributed by atoms with Crippen molar-refractivity contribution < 1.29 is 26.8 Å². The highest BCUT2D eigenvalue weighted by Crippen LogP contribution is 2.47. The number of hydrogen-bond acceptors (Lipinski definition) is 8. The van der Waals surface area contributed by atoms with E-state index in [1.54, 1.807) is 0 Å². The molecule has 5 heterocycles. The van der Waals surface area contributed by atoms with Crippen molar-refractivity contribution in [3.05, 3.63) is 22.6 Å². The number of likely N-dealkylation sites (tertiary alicyclic amines) is 1. The molecule has 0 spiro atoms. The summed E-state index contributed by atoms with van der Waals surface area (Å²) >= 11 is 6.04. The molecule has 1 aliphatic carbocycles. The van der Waals surface area contributed by atoms with Gasteiger partial charge in [-0.2, -0.15) is 23.7 Å². The van der Waals surface area contributed by atoms with Gasteiger partial charge in [-0.15, -0.1) is 0 Å². The van der Waals surface area contributed by atoms with Gasteiger partial charge < -0.3 is 24.6 Å². The molecule has 8 nitrogen and oxygen atoms in total. The second kappa shape index (κ2) is 9.74. The number of hydrogen-bond donors (Lipinski definition) is 1. The third kappa shape index (κ3) is 4.93. The highest BCUT2D eigenvalue weighted by atomic mass is 35.5. The summed E-state index contributed by atoms with van der Waals surface area (Å²) in [6, 6.07) is 0.375. The Balaban J connectivity index is 1.29. The summed E-state index contributed by atoms with van der Waals surface area (Å²) in [7, 11) is -2.85. The van der Waals surface area contributed by atoms with E-state index in [1.165, 1.54) is 0 Å². The van der Waals surface area contributed by atoms with Crippen LogP contribution in [0.15, 0.2) is 11.7 Å². The van der Waals surface area contributed by atoms with E-state index >= 15 is 4.39 Å². The summed E-state index contributed by atoms with van der Waals surface area (Å²) < 4.78 is 75.2. The molecule has 200 valence electrons. The minimum Gasteiger partial charge on any atom is -0.480 e. The number of fused-ring (bicyclic) bond motifs is 3. The predicted molar refractivity (Wildman–Crippen MR) is 133 cm³/mol. The van der Waals surface area contributed by atoms with Gasteiger partial charge in [0.25, 0.3) is 6.08 Å². The first kappa shape index (κ1) is 21.6. The minimum atomic E-state index is -2.85. The zero-order valence-electron chi connectivity index (χ0n) is 23.2. The van der Waals surface area contributed by atoms with Crippen molar-refractivity contribution in [1.82, 2.24) is 25.2 Å². The smallest absolute Gasteiger partial charge is 0.319 e. The molecular formula is C25H30ClF3N6O2. The molecular weight excluding hydrogens is 509 g/mol. The lowest BCUT2D eigenvalue weighted by Crippen LogP contribution is -2.51. The van der Waals surface area contributed by atoms with Crippen LogP contribution in [0.25, 0.3) is 10.9 Å². The molecule has 4 fully saturated rings. The zero-order chi connectivity index (χ0) is 28.2. The van der Waals surface area contributed by atoms with E-state index in [1.807, 2.05) is 4.90 Å². The lowest BCUT2D eigenvalue weighted by atomic mass is 10.0. The lowest BCUT2D eigenvalue weighted by molar-refractivity contribution is 0.146. The van der Waals surface area contributed by atoms with Crippen LogP contribution in [0, 0.1) is 11.2 Å². The standard InChI is InChI=1S/C25H30ClF3N6O2/c1-36-23-17-19(18(27)20(26)32-23)31-24(33-22(17)35-10-15-2-3-16(11-35)30-15)37-13-25(6-7-25)12-34-8-4-14(5-9-34)21(28)29/h15-16,30H,2-13H2,1H3/i1D3. The van der Waals surface area contributed by atoms with Gasteiger partial charge in [0.15, 0.2) is 11.0 Å². The van der Waals surface area contributed by atoms with Gasteiger partial charge in [0.2, 0.25) is 5.88 Å². The Morgan fingerprint density at radius 2 is 1.89 bits per heavy atom. The quantitative estimate of drug-likeness (QED) is 0.524. The Kier molecular flexibility index (Phi) is 5.67. The summed E-state index contributed by atoms with van der Waals surface area (Å²) in [6.45, 7) is 3.28. The predicted octanol–water partition coefficient (Wildman–Crippen LogP) is 4.17. The molecule has 6 rings (SSSR count). The van der Waals surface area contributed by atoms with Gasteiger partial charge in [-0.05, 0) is 44.1 Å². The molecule has 4 aliphatic rings. The molecule has 2 aromatic rings. The Bertz CT molecular complexity index is 1320. The highest BCUT2D eigenvalue weighted by Gasteiger charge is 2.45. The van der Waals surface area contributed by atoms with Gasteiger partial charge >= 0.3 is 6.01 Å². The monoisotopic (exact) mass is 541 g/mol. The van der Waals surface area contributed by atoms with Crippen LogP contribution in [-0.2, 0) is 0 Å². The van der Waals surface area contributed by atoms with Crippen LogP contribution < -0.4 is 19.7 Å². The van der Waals surface area contributed by atoms with E-state index < -0.39 is 24.1 Å². The first-order valence-corrected chi connectivity index (χ1v) is 13.0. The Hall–Kier alpha value is -2.37. The number of piperazine rings is 1. The van der Waals surface area contributed by atoms with Crippen LogP contribution in [0.2, 0.25) is 5.15 Å². The maximum Gasteiger partial charge on any atom is 0.319 e. The molecule has 0 aromatic carbocycles. The molecule has 2 aromatic heterocycles. The fraction of sp³-hybridized carbons (Fsp3) is 0.640. The number of rotatable bonds is 7. The van der Waals surface area contributed by atoms with E-state index in [-0.39, 0.29) is 58.3 Å². The third-order valence-electron chi connectivity index (χ3n) is 8.04. The van der Waals surface area contributed by atoms with Crippen molar-refractivity contribution in [2.75, 3.05) is 51.3 Å². The maximum absolute atomic E-state index is 15.4. The van der Waals surface area contributed by atoms with Crippen molar-refractivity contribution in [3.8, 4) is 11.9 Å². The second-order valence-corrected chi connectivity index (χ2v) is 11.0. The van der Waals surface area contributed by atoms with Gasteiger partial charge in [-0.1, -0.05) is 11.6 Å². The Morgan fingerprint density at radius 1 is 1.16 bits per heavy atom. The molecule has 0 radical (unpaired) electrons. The summed E-state index contributed by atoms with van der Waals surface area (Å²) in [6.07, 6.45) is 2.94. The Morgan fingerprint density at radius 3 is 2.54 bits per heavy atom. The molecule has 12 heteroatoms. The van der Waals surface area contributed by atoms with Crippen molar-refractivity contribution in [2.45, 2.75) is 50.6 Å². The van der Waals surface area contributed by atoms with Crippen molar-refractivity contribution >= 4 is 28.3 Å². The largest absolute Gasteiger partial charge is 0.480 e. The second-order valence-electron chi connectivity index (χ2n) is 10.6. The first-order valence-electron chi connectivity index (χ1n) is 14.1. The topological polar surface area (TPSA) is 75.6 Å². The van der Waals surface area contributed by atoms with E-state index in [9.17, 15) is 8.78 Å². The molecule has 1 saturated carbocycles. The van der Waals surface area contributed by atoms with E-state index in [0.717, 1.165) is 25.7 Å². The van der Waals surface area contributed by atoms with Gasteiger partial charge in [0, 0.05) is 50.2 Å². The number of ether oxygens (including phenoxy) is 2. The number of aromatic nitrogens is 3. The SMILES string of the molecule is [2H]C([2H])([2H])Oc1nc(Cl)c(F)c2nc(OCC3(CN4CCC(=C(F)F)CC4)CC3)nc(N3CC4CCC(C3)N4)c12. The average molecular weight is 542 g/mol. The number of nitrogens with zero attached hydrogens (tertiary/aromatic N) is 5. The van der Waals surface area contributed by atoms with E-state index in [4.69, 9.17) is 25.2 Å². The number of methoxy groups -OCH3 is 1. The van der Waals surface area contributed by atoms with Gasteiger partial charge in [-0.25, -0.2) is 4.39 Å². The normalized spacial score (nSPS) is 26.5. The molecule has 0 amide bonds. The van der Waals surface area contributed by atoms with Crippen molar-refractivity contribution in [2.24, 2.45) is 5.41 Å². The third-order valence-corrected chi connectivity index (χ3v) is 8.29. The lowest BCUT2D eigenvalue weighted by Gasteiger charge is -2.34. The van der Waals surface area contributed by atoms with Crippen molar-refractivity contribution in [3.63, 3.8) is 0 Å². The Labute approximate surface area is 222 Å². The highest BCUT2D eigenvalue weighted by molar-refractivity contribution is 6.30. The summed E-state index contributed by atoms with van der Waals surface area (Å²) in [5.74, 6) is -0.996. The summed E-state index contributed by atoms with van der Waals surface area (Å²) in [5, 5.41) is 3.00. The number of piperidine rings is 1. The van der Waals surface area contributed by atoms with Crippen LogP contribution in [0.1, 0.15) is 42.6 Å². The fourth-order valence-corrected chi connectivity index (χ4v) is 5.97. The molecule has 3 saturated heterocycles.